The Morgan fingerprint density at radius 3 is 2.71 bits per heavy atom. The minimum Gasteiger partial charge on any atom is -0.465 e. The van der Waals surface area contributed by atoms with Crippen molar-refractivity contribution in [2.75, 3.05) is 18.1 Å². The lowest BCUT2D eigenvalue weighted by atomic mass is 10.2. The molecule has 0 amide bonds. The van der Waals surface area contributed by atoms with Gasteiger partial charge in [0.2, 0.25) is 0 Å². The van der Waals surface area contributed by atoms with Crippen LogP contribution in [0.2, 0.25) is 0 Å². The van der Waals surface area contributed by atoms with Crippen LogP contribution in [0, 0.1) is 0 Å². The van der Waals surface area contributed by atoms with Crippen LogP contribution in [0.3, 0.4) is 0 Å². The van der Waals surface area contributed by atoms with Gasteiger partial charge in [-0.15, -0.1) is 0 Å². The van der Waals surface area contributed by atoms with Crippen LogP contribution in [-0.4, -0.2) is 26.7 Å². The Labute approximate surface area is 100 Å². The van der Waals surface area contributed by atoms with Crippen LogP contribution in [-0.2, 0) is 25.1 Å². The standard InChI is InChI=1S/C11H15NO4S/c1-2-16-11(13)8-17(14,15)7-9-4-3-5-10(12)6-9/h3-6H,2,7-8,12H2,1H3. The highest BCUT2D eigenvalue weighted by molar-refractivity contribution is 7.91. The summed E-state index contributed by atoms with van der Waals surface area (Å²) in [4.78, 5) is 11.1. The molecule has 0 fully saturated rings. The van der Waals surface area contributed by atoms with Crippen molar-refractivity contribution in [2.45, 2.75) is 12.7 Å². The van der Waals surface area contributed by atoms with E-state index in [1.165, 1.54) is 0 Å². The van der Waals surface area contributed by atoms with E-state index in [-0.39, 0.29) is 12.4 Å². The van der Waals surface area contributed by atoms with E-state index in [2.05, 4.69) is 4.74 Å². The Bertz CT molecular complexity index is 496. The average Bonchev–Trinajstić information content (AvgIpc) is 2.15. The number of hydrogen-bond donors (Lipinski definition) is 1. The molecule has 0 heterocycles. The Morgan fingerprint density at radius 1 is 1.41 bits per heavy atom. The molecule has 1 aromatic carbocycles. The van der Waals surface area contributed by atoms with E-state index < -0.39 is 21.6 Å². The normalized spacial score (nSPS) is 11.1. The Morgan fingerprint density at radius 2 is 2.12 bits per heavy atom. The summed E-state index contributed by atoms with van der Waals surface area (Å²) < 4.78 is 27.9. The van der Waals surface area contributed by atoms with Crippen LogP contribution >= 0.6 is 0 Å². The number of carbonyl (C=O) groups is 1. The van der Waals surface area contributed by atoms with Gasteiger partial charge in [-0.2, -0.15) is 0 Å². The number of rotatable bonds is 5. The molecule has 94 valence electrons. The average molecular weight is 257 g/mol. The van der Waals surface area contributed by atoms with Gasteiger partial charge in [0, 0.05) is 5.69 Å². The van der Waals surface area contributed by atoms with E-state index >= 15 is 0 Å². The first-order valence-electron chi connectivity index (χ1n) is 5.13. The van der Waals surface area contributed by atoms with Crippen LogP contribution < -0.4 is 5.73 Å². The molecule has 1 aromatic rings. The third-order valence-corrected chi connectivity index (χ3v) is 3.43. The number of nitrogens with two attached hydrogens (primary N) is 1. The first-order chi connectivity index (χ1) is 7.93. The van der Waals surface area contributed by atoms with Crippen LogP contribution in [0.5, 0.6) is 0 Å². The summed E-state index contributed by atoms with van der Waals surface area (Å²) in [6.07, 6.45) is 0. The van der Waals surface area contributed by atoms with Crippen molar-refractivity contribution in [3.05, 3.63) is 29.8 Å². The first kappa shape index (κ1) is 13.5. The van der Waals surface area contributed by atoms with Crippen LogP contribution in [0.25, 0.3) is 0 Å². The number of benzene rings is 1. The predicted molar refractivity (Wildman–Crippen MR) is 65.0 cm³/mol. The van der Waals surface area contributed by atoms with Gasteiger partial charge in [0.25, 0.3) is 0 Å². The fraction of sp³-hybridized carbons (Fsp3) is 0.364. The fourth-order valence-electron chi connectivity index (χ4n) is 1.37. The van der Waals surface area contributed by atoms with Crippen molar-refractivity contribution in [1.82, 2.24) is 0 Å². The Hall–Kier alpha value is -1.56. The van der Waals surface area contributed by atoms with Gasteiger partial charge in [0.1, 0.15) is 5.75 Å². The monoisotopic (exact) mass is 257 g/mol. The highest BCUT2D eigenvalue weighted by Gasteiger charge is 2.18. The second kappa shape index (κ2) is 5.67. The number of hydrogen-bond acceptors (Lipinski definition) is 5. The Balaban J connectivity index is 2.70. The van der Waals surface area contributed by atoms with E-state index in [1.807, 2.05) is 0 Å². The van der Waals surface area contributed by atoms with Crippen LogP contribution in [0.15, 0.2) is 24.3 Å². The second-order valence-corrected chi connectivity index (χ2v) is 5.65. The van der Waals surface area contributed by atoms with E-state index in [0.29, 0.717) is 11.3 Å². The van der Waals surface area contributed by atoms with Gasteiger partial charge in [-0.25, -0.2) is 8.42 Å². The minimum absolute atomic E-state index is 0.173. The maximum Gasteiger partial charge on any atom is 0.321 e. The summed E-state index contributed by atoms with van der Waals surface area (Å²) in [6.45, 7) is 1.80. The fourth-order valence-corrected chi connectivity index (χ4v) is 2.60. The van der Waals surface area contributed by atoms with Gasteiger partial charge in [-0.05, 0) is 24.6 Å². The summed E-state index contributed by atoms with van der Waals surface area (Å²) in [7, 11) is -3.50. The molecule has 17 heavy (non-hydrogen) atoms. The zero-order valence-corrected chi connectivity index (χ0v) is 10.4. The zero-order valence-electron chi connectivity index (χ0n) is 9.55. The molecule has 2 N–H and O–H groups in total. The third-order valence-electron chi connectivity index (χ3n) is 1.98. The number of ether oxygens (including phenoxy) is 1. The van der Waals surface area contributed by atoms with Gasteiger partial charge < -0.3 is 10.5 Å². The molecule has 0 aromatic heterocycles. The summed E-state index contributed by atoms with van der Waals surface area (Å²) >= 11 is 0. The number of carbonyl (C=O) groups excluding carboxylic acids is 1. The molecule has 0 aliphatic heterocycles. The maximum absolute atomic E-state index is 11.7. The quantitative estimate of drug-likeness (QED) is 0.621. The molecule has 0 unspecified atom stereocenters. The molecule has 0 spiro atoms. The number of nitrogen functional groups attached to an aromatic ring is 1. The smallest absolute Gasteiger partial charge is 0.321 e. The lowest BCUT2D eigenvalue weighted by molar-refractivity contribution is -0.139. The Kier molecular flexibility index (Phi) is 4.51. The maximum atomic E-state index is 11.7. The van der Waals surface area contributed by atoms with E-state index in [1.54, 1.807) is 31.2 Å². The highest BCUT2D eigenvalue weighted by atomic mass is 32.2. The molecule has 0 saturated heterocycles. The van der Waals surface area contributed by atoms with Crippen molar-refractivity contribution in [3.63, 3.8) is 0 Å². The minimum atomic E-state index is -3.50. The molecular formula is C11H15NO4S. The summed E-state index contributed by atoms with van der Waals surface area (Å²) in [5, 5.41) is 0. The SMILES string of the molecule is CCOC(=O)CS(=O)(=O)Cc1cccc(N)c1. The number of anilines is 1. The van der Waals surface area contributed by atoms with Crippen molar-refractivity contribution >= 4 is 21.5 Å². The third kappa shape index (κ3) is 4.86. The van der Waals surface area contributed by atoms with Crippen LogP contribution in [0.4, 0.5) is 5.69 Å². The highest BCUT2D eigenvalue weighted by Crippen LogP contribution is 2.11. The van der Waals surface area contributed by atoms with Gasteiger partial charge in [0.05, 0.1) is 12.4 Å². The van der Waals surface area contributed by atoms with Gasteiger partial charge in [-0.1, -0.05) is 12.1 Å². The summed E-state index contributed by atoms with van der Waals surface area (Å²) in [5.74, 6) is -1.54. The summed E-state index contributed by atoms with van der Waals surface area (Å²) in [5.41, 5.74) is 6.60. The van der Waals surface area contributed by atoms with E-state index in [4.69, 9.17) is 5.73 Å². The largest absolute Gasteiger partial charge is 0.465 e. The zero-order chi connectivity index (χ0) is 12.9. The van der Waals surface area contributed by atoms with Crippen LogP contribution in [0.1, 0.15) is 12.5 Å². The molecule has 5 nitrogen and oxygen atoms in total. The molecule has 0 aliphatic carbocycles. The van der Waals surface area contributed by atoms with Crippen molar-refractivity contribution in [3.8, 4) is 0 Å². The summed E-state index contributed by atoms with van der Waals surface area (Å²) in [6, 6.07) is 6.56. The van der Waals surface area contributed by atoms with Gasteiger partial charge in [-0.3, -0.25) is 4.79 Å². The molecule has 6 heteroatoms. The molecule has 0 aliphatic rings. The molecule has 0 atom stereocenters. The van der Waals surface area contributed by atoms with Crippen molar-refractivity contribution in [1.29, 1.82) is 0 Å². The van der Waals surface area contributed by atoms with E-state index in [0.717, 1.165) is 0 Å². The van der Waals surface area contributed by atoms with Crippen molar-refractivity contribution < 1.29 is 17.9 Å². The first-order valence-corrected chi connectivity index (χ1v) is 6.95. The lowest BCUT2D eigenvalue weighted by Crippen LogP contribution is -2.20. The predicted octanol–water partition coefficient (Wildman–Crippen LogP) is 0.747. The molecule has 0 bridgehead atoms. The molecule has 0 radical (unpaired) electrons. The molecular weight excluding hydrogens is 242 g/mol. The van der Waals surface area contributed by atoms with Crippen molar-refractivity contribution in [2.24, 2.45) is 0 Å². The second-order valence-electron chi connectivity index (χ2n) is 3.58. The number of esters is 1. The topological polar surface area (TPSA) is 86.5 Å². The molecule has 1 rings (SSSR count). The van der Waals surface area contributed by atoms with Gasteiger partial charge >= 0.3 is 5.97 Å². The van der Waals surface area contributed by atoms with Gasteiger partial charge in [0.15, 0.2) is 9.84 Å². The molecule has 0 saturated carbocycles. The van der Waals surface area contributed by atoms with E-state index in [9.17, 15) is 13.2 Å². The number of sulfone groups is 1. The lowest BCUT2D eigenvalue weighted by Gasteiger charge is -2.05.